The van der Waals surface area contributed by atoms with Gasteiger partial charge >= 0.3 is 0 Å². The molecule has 27 heavy (non-hydrogen) atoms. The lowest BCUT2D eigenvalue weighted by atomic mass is 10.1. The third-order valence-corrected chi connectivity index (χ3v) is 6.16. The molecule has 2 aromatic carbocycles. The number of hydrogen-bond donors (Lipinski definition) is 0. The number of unbranched alkanes of at least 4 members (excludes halogenated alkanes) is 5. The Balaban J connectivity index is 1.80. The first-order valence-corrected chi connectivity index (χ1v) is 11.3. The molecule has 0 aliphatic heterocycles. The number of para-hydroxylation sites is 2. The summed E-state index contributed by atoms with van der Waals surface area (Å²) in [4.78, 5) is 9.93. The van der Waals surface area contributed by atoms with E-state index in [1.165, 1.54) is 44.0 Å². The van der Waals surface area contributed by atoms with E-state index in [9.17, 15) is 0 Å². The minimum absolute atomic E-state index is 0.944. The molecule has 140 valence electrons. The van der Waals surface area contributed by atoms with E-state index in [-0.39, 0.29) is 0 Å². The molecule has 0 unspecified atom stereocenters. The van der Waals surface area contributed by atoms with Crippen LogP contribution in [-0.4, -0.2) is 14.5 Å². The number of fused-ring (bicyclic) bond motifs is 4. The minimum atomic E-state index is 0.944. The lowest BCUT2D eigenvalue weighted by Gasteiger charge is -2.08. The van der Waals surface area contributed by atoms with Gasteiger partial charge in [-0.25, -0.2) is 9.97 Å². The van der Waals surface area contributed by atoms with Crippen molar-refractivity contribution in [2.24, 2.45) is 0 Å². The van der Waals surface area contributed by atoms with Crippen molar-refractivity contribution < 1.29 is 0 Å². The summed E-state index contributed by atoms with van der Waals surface area (Å²) in [6.45, 7) is 3.23. The maximum absolute atomic E-state index is 4.98. The lowest BCUT2D eigenvalue weighted by molar-refractivity contribution is 0.569. The summed E-state index contributed by atoms with van der Waals surface area (Å²) in [5.41, 5.74) is 5.05. The van der Waals surface area contributed by atoms with Crippen LogP contribution in [0, 0.1) is 0 Å². The normalized spacial score (nSPS) is 11.8. The van der Waals surface area contributed by atoms with Crippen LogP contribution in [0.15, 0.2) is 45.3 Å². The zero-order chi connectivity index (χ0) is 18.8. The van der Waals surface area contributed by atoms with Crippen LogP contribution in [0.4, 0.5) is 0 Å². The van der Waals surface area contributed by atoms with E-state index >= 15 is 0 Å². The SMILES string of the molecule is CCCCCCCCn1c2nc3ccccc3nc2c2cc(Br)cc(Br)c21. The molecule has 0 bridgehead atoms. The smallest absolute Gasteiger partial charge is 0.160 e. The highest BCUT2D eigenvalue weighted by atomic mass is 79.9. The highest BCUT2D eigenvalue weighted by Crippen LogP contribution is 2.35. The number of aromatic nitrogens is 3. The highest BCUT2D eigenvalue weighted by Gasteiger charge is 2.17. The van der Waals surface area contributed by atoms with Crippen LogP contribution in [-0.2, 0) is 6.54 Å². The molecule has 0 spiro atoms. The molecule has 0 radical (unpaired) electrons. The van der Waals surface area contributed by atoms with Crippen molar-refractivity contribution in [2.45, 2.75) is 52.0 Å². The second-order valence-corrected chi connectivity index (χ2v) is 8.86. The van der Waals surface area contributed by atoms with E-state index < -0.39 is 0 Å². The maximum Gasteiger partial charge on any atom is 0.160 e. The molecular weight excluding hydrogens is 466 g/mol. The summed E-state index contributed by atoms with van der Waals surface area (Å²) in [5.74, 6) is 0. The Morgan fingerprint density at radius 1 is 0.889 bits per heavy atom. The molecule has 0 saturated carbocycles. The van der Waals surface area contributed by atoms with Crippen molar-refractivity contribution >= 4 is 65.0 Å². The van der Waals surface area contributed by atoms with E-state index in [1.807, 2.05) is 24.3 Å². The second-order valence-electron chi connectivity index (χ2n) is 7.09. The molecule has 0 atom stereocenters. The average molecular weight is 489 g/mol. The van der Waals surface area contributed by atoms with Gasteiger partial charge in [-0.1, -0.05) is 67.1 Å². The second kappa shape index (κ2) is 8.27. The molecule has 0 aliphatic rings. The summed E-state index contributed by atoms with van der Waals surface area (Å²) >= 11 is 7.40. The first kappa shape index (κ1) is 18.9. The Labute approximate surface area is 176 Å². The molecule has 2 aromatic heterocycles. The zero-order valence-corrected chi connectivity index (χ0v) is 18.7. The molecule has 4 rings (SSSR count). The van der Waals surface area contributed by atoms with Crippen LogP contribution >= 0.6 is 31.9 Å². The van der Waals surface area contributed by atoms with Gasteiger partial charge in [0.25, 0.3) is 0 Å². The Morgan fingerprint density at radius 3 is 2.37 bits per heavy atom. The number of aryl methyl sites for hydroxylation is 1. The average Bonchev–Trinajstić information content (AvgIpc) is 2.96. The molecular formula is C22H23Br2N3. The Kier molecular flexibility index (Phi) is 5.79. The van der Waals surface area contributed by atoms with Crippen LogP contribution in [0.3, 0.4) is 0 Å². The summed E-state index contributed by atoms with van der Waals surface area (Å²) in [6.07, 6.45) is 7.71. The summed E-state index contributed by atoms with van der Waals surface area (Å²) in [7, 11) is 0. The van der Waals surface area contributed by atoms with Crippen LogP contribution in [0.25, 0.3) is 33.1 Å². The quantitative estimate of drug-likeness (QED) is 0.250. The molecule has 0 saturated heterocycles. The van der Waals surface area contributed by atoms with E-state index in [0.717, 1.165) is 43.1 Å². The van der Waals surface area contributed by atoms with Crippen LogP contribution in [0.2, 0.25) is 0 Å². The van der Waals surface area contributed by atoms with Crippen molar-refractivity contribution in [3.8, 4) is 0 Å². The predicted molar refractivity (Wildman–Crippen MR) is 121 cm³/mol. The topological polar surface area (TPSA) is 30.7 Å². The first-order valence-electron chi connectivity index (χ1n) is 9.72. The van der Waals surface area contributed by atoms with Gasteiger partial charge in [0.05, 0.1) is 16.6 Å². The van der Waals surface area contributed by atoms with Gasteiger partial charge in [0.15, 0.2) is 5.65 Å². The standard InChI is InChI=1S/C22H23Br2N3/c1-2-3-4-5-6-9-12-27-21-16(13-15(23)14-17(21)24)20-22(27)26-19-11-8-7-10-18(19)25-20/h7-8,10-11,13-14H,2-6,9,12H2,1H3. The van der Waals surface area contributed by atoms with Gasteiger partial charge in [-0.2, -0.15) is 0 Å². The Morgan fingerprint density at radius 2 is 1.59 bits per heavy atom. The number of halogens is 2. The van der Waals surface area contributed by atoms with E-state index in [0.29, 0.717) is 0 Å². The van der Waals surface area contributed by atoms with E-state index in [1.54, 1.807) is 0 Å². The summed E-state index contributed by atoms with van der Waals surface area (Å²) in [5, 5.41) is 1.15. The number of nitrogens with zero attached hydrogens (tertiary/aromatic N) is 3. The van der Waals surface area contributed by atoms with Crippen molar-refractivity contribution in [1.82, 2.24) is 14.5 Å². The lowest BCUT2D eigenvalue weighted by Crippen LogP contribution is -2.00. The fraction of sp³-hybridized carbons (Fsp3) is 0.364. The van der Waals surface area contributed by atoms with Crippen LogP contribution in [0.1, 0.15) is 45.4 Å². The fourth-order valence-corrected chi connectivity index (χ4v) is 5.19. The molecule has 0 N–H and O–H groups in total. The van der Waals surface area contributed by atoms with Gasteiger partial charge in [-0.15, -0.1) is 0 Å². The van der Waals surface area contributed by atoms with Crippen LogP contribution in [0.5, 0.6) is 0 Å². The van der Waals surface area contributed by atoms with Gasteiger partial charge in [0, 0.05) is 20.9 Å². The monoisotopic (exact) mass is 487 g/mol. The van der Waals surface area contributed by atoms with Crippen LogP contribution < -0.4 is 0 Å². The van der Waals surface area contributed by atoms with Crippen molar-refractivity contribution in [3.05, 3.63) is 45.3 Å². The van der Waals surface area contributed by atoms with Gasteiger partial charge < -0.3 is 4.57 Å². The Bertz CT molecular complexity index is 1100. The first-order chi connectivity index (χ1) is 13.2. The fourth-order valence-electron chi connectivity index (χ4n) is 3.75. The van der Waals surface area contributed by atoms with Gasteiger partial charge in [-0.05, 0) is 46.6 Å². The molecule has 5 heteroatoms. The van der Waals surface area contributed by atoms with Gasteiger partial charge in [0.2, 0.25) is 0 Å². The Hall–Kier alpha value is -1.46. The zero-order valence-electron chi connectivity index (χ0n) is 15.5. The van der Waals surface area contributed by atoms with E-state index in [4.69, 9.17) is 9.97 Å². The molecule has 3 nitrogen and oxygen atoms in total. The highest BCUT2D eigenvalue weighted by molar-refractivity contribution is 9.11. The predicted octanol–water partition coefficient (Wildman–Crippen LogP) is 7.62. The maximum atomic E-state index is 4.98. The van der Waals surface area contributed by atoms with Crippen molar-refractivity contribution in [3.63, 3.8) is 0 Å². The molecule has 0 fully saturated rings. The third-order valence-electron chi connectivity index (χ3n) is 5.10. The molecule has 0 aliphatic carbocycles. The van der Waals surface area contributed by atoms with Gasteiger partial charge in [-0.3, -0.25) is 0 Å². The van der Waals surface area contributed by atoms with Crippen molar-refractivity contribution in [1.29, 1.82) is 0 Å². The summed E-state index contributed by atoms with van der Waals surface area (Å²) < 4.78 is 4.48. The number of hydrogen-bond acceptors (Lipinski definition) is 2. The molecule has 4 aromatic rings. The number of benzene rings is 2. The van der Waals surface area contributed by atoms with Crippen molar-refractivity contribution in [2.75, 3.05) is 0 Å². The van der Waals surface area contributed by atoms with E-state index in [2.05, 4.69) is 55.5 Å². The molecule has 2 heterocycles. The van der Waals surface area contributed by atoms with Gasteiger partial charge in [0.1, 0.15) is 5.52 Å². The largest absolute Gasteiger partial charge is 0.323 e. The molecule has 0 amide bonds. The minimum Gasteiger partial charge on any atom is -0.323 e. The summed E-state index contributed by atoms with van der Waals surface area (Å²) in [6, 6.07) is 12.4. The number of rotatable bonds is 7. The third kappa shape index (κ3) is 3.77.